The Balaban J connectivity index is 1.42. The third-order valence-electron chi connectivity index (χ3n) is 7.39. The summed E-state index contributed by atoms with van der Waals surface area (Å²) in [6.07, 6.45) is -2.02. The molecule has 1 spiro atoms. The highest BCUT2D eigenvalue weighted by atomic mass is 16.8. The van der Waals surface area contributed by atoms with Gasteiger partial charge in [0.1, 0.15) is 29.7 Å². The van der Waals surface area contributed by atoms with Gasteiger partial charge < -0.3 is 28.4 Å². The Morgan fingerprint density at radius 2 is 1.45 bits per heavy atom. The lowest BCUT2D eigenvalue weighted by Crippen LogP contribution is -2.74. The lowest BCUT2D eigenvalue weighted by molar-refractivity contribution is -0.255. The molecule has 6 rings (SSSR count). The third-order valence-corrected chi connectivity index (χ3v) is 7.39. The molecule has 8 heteroatoms. The Bertz CT molecular complexity index is 1290. The van der Waals surface area contributed by atoms with Crippen LogP contribution in [-0.2, 0) is 30.3 Å². The summed E-state index contributed by atoms with van der Waals surface area (Å²) < 4.78 is 36.1. The first-order valence-corrected chi connectivity index (χ1v) is 12.7. The number of anilines is 1. The quantitative estimate of drug-likeness (QED) is 0.423. The first-order chi connectivity index (χ1) is 18.4. The molecule has 0 bridgehead atoms. The summed E-state index contributed by atoms with van der Waals surface area (Å²) in [6.45, 7) is 3.97. The van der Waals surface area contributed by atoms with Gasteiger partial charge in [-0.15, -0.1) is 0 Å². The highest BCUT2D eigenvalue weighted by molar-refractivity contribution is 6.09. The molecule has 0 unspecified atom stereocenters. The zero-order valence-electron chi connectivity index (χ0n) is 21.8. The van der Waals surface area contributed by atoms with E-state index >= 15 is 0 Å². The van der Waals surface area contributed by atoms with Crippen LogP contribution in [0.25, 0.3) is 0 Å². The summed E-state index contributed by atoms with van der Waals surface area (Å²) in [6, 6.07) is 24.4. The first-order valence-electron chi connectivity index (χ1n) is 12.7. The number of nitrogens with zero attached hydrogens (tertiary/aromatic N) is 1. The molecular weight excluding hydrogens is 486 g/mol. The molecular formula is C30H31NO7. The van der Waals surface area contributed by atoms with Crippen molar-refractivity contribution in [3.05, 3.63) is 90.0 Å². The van der Waals surface area contributed by atoms with Crippen LogP contribution in [0.4, 0.5) is 5.69 Å². The number of hydrogen-bond acceptors (Lipinski definition) is 7. The number of carbonyl (C=O) groups is 1. The monoisotopic (exact) mass is 517 g/mol. The van der Waals surface area contributed by atoms with E-state index in [2.05, 4.69) is 0 Å². The van der Waals surface area contributed by atoms with Crippen molar-refractivity contribution in [1.82, 2.24) is 0 Å². The molecule has 0 aromatic heterocycles. The van der Waals surface area contributed by atoms with Crippen LogP contribution in [0.15, 0.2) is 78.9 Å². The van der Waals surface area contributed by atoms with Gasteiger partial charge >= 0.3 is 0 Å². The molecule has 3 heterocycles. The smallest absolute Gasteiger partial charge is 0.265 e. The van der Waals surface area contributed by atoms with Crippen molar-refractivity contribution in [2.75, 3.05) is 19.1 Å². The van der Waals surface area contributed by atoms with Crippen molar-refractivity contribution >= 4 is 11.6 Å². The predicted octanol–water partition coefficient (Wildman–Crippen LogP) is 4.62. The molecule has 3 aromatic rings. The Morgan fingerprint density at radius 1 is 0.816 bits per heavy atom. The van der Waals surface area contributed by atoms with E-state index in [9.17, 15) is 4.79 Å². The van der Waals surface area contributed by atoms with Crippen molar-refractivity contribution in [2.45, 2.75) is 56.4 Å². The van der Waals surface area contributed by atoms with Gasteiger partial charge in [0.2, 0.25) is 5.60 Å². The summed E-state index contributed by atoms with van der Waals surface area (Å²) in [5.41, 5.74) is 1.26. The van der Waals surface area contributed by atoms with Crippen LogP contribution in [0.2, 0.25) is 0 Å². The van der Waals surface area contributed by atoms with Crippen LogP contribution in [-0.4, -0.2) is 50.0 Å². The van der Waals surface area contributed by atoms with E-state index in [1.54, 1.807) is 19.1 Å². The summed E-state index contributed by atoms with van der Waals surface area (Å²) in [7, 11) is 3.23. The molecule has 3 fully saturated rings. The molecule has 0 saturated carbocycles. The molecule has 1 amide bonds. The topological polar surface area (TPSA) is 75.7 Å². The molecule has 0 radical (unpaired) electrons. The summed E-state index contributed by atoms with van der Waals surface area (Å²) in [4.78, 5) is 16.0. The van der Waals surface area contributed by atoms with Crippen LogP contribution in [0.1, 0.15) is 31.0 Å². The second kappa shape index (κ2) is 9.39. The molecule has 3 aliphatic heterocycles. The SMILES string of the molecule is COc1ccc([C@H]2N(c3ccc(OC)cc3)C(=O)[C@@]23O[C@@H]2OC(C)(C)O[C@@H]2[C@H]3OCc2ccccc2)cc1. The molecule has 38 heavy (non-hydrogen) atoms. The molecule has 5 atom stereocenters. The lowest BCUT2D eigenvalue weighted by Gasteiger charge is -2.55. The van der Waals surface area contributed by atoms with Gasteiger partial charge in [-0.05, 0) is 61.4 Å². The third kappa shape index (κ3) is 3.96. The fourth-order valence-corrected chi connectivity index (χ4v) is 5.67. The number of carbonyl (C=O) groups excluding carboxylic acids is 1. The first kappa shape index (κ1) is 24.9. The number of rotatable bonds is 7. The van der Waals surface area contributed by atoms with Crippen molar-refractivity contribution in [1.29, 1.82) is 0 Å². The number of β-lactam (4-membered cyclic amide) rings is 1. The average Bonchev–Trinajstić information content (AvgIpc) is 3.41. The van der Waals surface area contributed by atoms with E-state index in [0.29, 0.717) is 12.4 Å². The minimum Gasteiger partial charge on any atom is -0.497 e. The number of methoxy groups -OCH3 is 2. The van der Waals surface area contributed by atoms with Crippen molar-refractivity contribution in [3.63, 3.8) is 0 Å². The van der Waals surface area contributed by atoms with Gasteiger partial charge in [-0.2, -0.15) is 0 Å². The lowest BCUT2D eigenvalue weighted by atomic mass is 9.73. The maximum atomic E-state index is 14.2. The van der Waals surface area contributed by atoms with Crippen LogP contribution in [0, 0.1) is 0 Å². The van der Waals surface area contributed by atoms with Crippen LogP contribution < -0.4 is 14.4 Å². The van der Waals surface area contributed by atoms with Gasteiger partial charge in [0.25, 0.3) is 5.91 Å². The molecule has 3 saturated heterocycles. The summed E-state index contributed by atoms with van der Waals surface area (Å²) in [5.74, 6) is 0.362. The van der Waals surface area contributed by atoms with Crippen molar-refractivity contribution in [3.8, 4) is 11.5 Å². The number of hydrogen-bond donors (Lipinski definition) is 0. The van der Waals surface area contributed by atoms with Crippen molar-refractivity contribution in [2.24, 2.45) is 0 Å². The zero-order valence-corrected chi connectivity index (χ0v) is 21.8. The van der Waals surface area contributed by atoms with Crippen LogP contribution in [0.5, 0.6) is 11.5 Å². The predicted molar refractivity (Wildman–Crippen MR) is 139 cm³/mol. The number of fused-ring (bicyclic) bond motifs is 1. The van der Waals surface area contributed by atoms with Gasteiger partial charge in [-0.1, -0.05) is 42.5 Å². The zero-order chi connectivity index (χ0) is 26.5. The fraction of sp³-hybridized carbons (Fsp3) is 0.367. The van der Waals surface area contributed by atoms with Gasteiger partial charge in [-0.25, -0.2) is 0 Å². The Labute approximate surface area is 222 Å². The minimum atomic E-state index is -1.34. The maximum Gasteiger partial charge on any atom is 0.265 e. The normalized spacial score (nSPS) is 29.3. The van der Waals surface area contributed by atoms with Crippen LogP contribution in [0.3, 0.4) is 0 Å². The van der Waals surface area contributed by atoms with E-state index in [-0.39, 0.29) is 5.91 Å². The Hall–Kier alpha value is -3.43. The van der Waals surface area contributed by atoms with Crippen molar-refractivity contribution < 1.29 is 33.2 Å². The van der Waals surface area contributed by atoms with Gasteiger partial charge in [0.05, 0.1) is 20.8 Å². The van der Waals surface area contributed by atoms with E-state index in [0.717, 1.165) is 22.6 Å². The minimum absolute atomic E-state index is 0.207. The molecule has 3 aromatic carbocycles. The van der Waals surface area contributed by atoms with E-state index < -0.39 is 35.9 Å². The molecule has 8 nitrogen and oxygen atoms in total. The number of benzene rings is 3. The highest BCUT2D eigenvalue weighted by Crippen LogP contribution is 2.58. The average molecular weight is 518 g/mol. The molecule has 0 aliphatic carbocycles. The Kier molecular flexibility index (Phi) is 6.15. The van der Waals surface area contributed by atoms with Gasteiger partial charge in [-0.3, -0.25) is 9.69 Å². The van der Waals surface area contributed by atoms with E-state index in [4.69, 9.17) is 28.4 Å². The second-order valence-corrected chi connectivity index (χ2v) is 10.1. The number of amides is 1. The van der Waals surface area contributed by atoms with Gasteiger partial charge in [0, 0.05) is 5.69 Å². The van der Waals surface area contributed by atoms with E-state index in [1.807, 2.05) is 92.7 Å². The van der Waals surface area contributed by atoms with Gasteiger partial charge in [0.15, 0.2) is 12.1 Å². The largest absolute Gasteiger partial charge is 0.497 e. The second-order valence-electron chi connectivity index (χ2n) is 10.1. The highest BCUT2D eigenvalue weighted by Gasteiger charge is 2.76. The summed E-state index contributed by atoms with van der Waals surface area (Å²) >= 11 is 0. The summed E-state index contributed by atoms with van der Waals surface area (Å²) in [5, 5.41) is 0. The van der Waals surface area contributed by atoms with E-state index in [1.165, 1.54) is 0 Å². The van der Waals surface area contributed by atoms with Crippen LogP contribution >= 0.6 is 0 Å². The standard InChI is InChI=1S/C30H31NO7/c1-29(2)36-24-26(35-18-19-8-6-5-7-9-19)30(38-27(24)37-29)25(20-10-14-22(33-3)15-11-20)31(28(30)32)21-12-16-23(34-4)17-13-21/h5-17,24-27H,18H2,1-4H3/t24-,25-,26-,27+,30-/m1/s1. The number of ether oxygens (including phenoxy) is 6. The Morgan fingerprint density at radius 3 is 2.08 bits per heavy atom. The molecule has 3 aliphatic rings. The fourth-order valence-electron chi connectivity index (χ4n) is 5.67. The molecule has 0 N–H and O–H groups in total. The maximum absolute atomic E-state index is 14.2. The molecule has 198 valence electrons.